The molecule has 0 bridgehead atoms. The minimum Gasteiger partial charge on any atom is -0.460 e. The van der Waals surface area contributed by atoms with Crippen LogP contribution in [0.1, 0.15) is 66.2 Å². The van der Waals surface area contributed by atoms with Gasteiger partial charge in [0.1, 0.15) is 6.10 Å². The van der Waals surface area contributed by atoms with E-state index >= 15 is 0 Å². The lowest BCUT2D eigenvalue weighted by molar-refractivity contribution is -0.156. The Bertz CT molecular complexity index is 254. The number of hydrogen-bond donors (Lipinski definition) is 0. The molecule has 18 heavy (non-hydrogen) atoms. The van der Waals surface area contributed by atoms with E-state index in [4.69, 9.17) is 9.47 Å². The molecule has 1 saturated carbocycles. The molecule has 0 amide bonds. The summed E-state index contributed by atoms with van der Waals surface area (Å²) in [5, 5.41) is 0. The molecular weight excluding hydrogens is 228 g/mol. The third-order valence-corrected chi connectivity index (χ3v) is 3.90. The summed E-state index contributed by atoms with van der Waals surface area (Å²) in [5.41, 5.74) is -0.104. The Kier molecular flexibility index (Phi) is 6.13. The van der Waals surface area contributed by atoms with E-state index in [0.717, 1.165) is 0 Å². The molecule has 0 N–H and O–H groups in total. The molecule has 3 heteroatoms. The third kappa shape index (κ3) is 4.97. The van der Waals surface area contributed by atoms with Crippen LogP contribution in [0, 0.1) is 5.92 Å². The van der Waals surface area contributed by atoms with Gasteiger partial charge in [0.15, 0.2) is 0 Å². The van der Waals surface area contributed by atoms with Gasteiger partial charge in [-0.3, -0.25) is 4.79 Å². The zero-order chi connectivity index (χ0) is 13.6. The maximum absolute atomic E-state index is 11.2. The fourth-order valence-electron chi connectivity index (χ4n) is 2.59. The van der Waals surface area contributed by atoms with E-state index in [9.17, 15) is 4.79 Å². The van der Waals surface area contributed by atoms with Gasteiger partial charge in [0.05, 0.1) is 12.2 Å². The van der Waals surface area contributed by atoms with Gasteiger partial charge in [0.25, 0.3) is 0 Å². The fourth-order valence-corrected chi connectivity index (χ4v) is 2.59. The highest BCUT2D eigenvalue weighted by Gasteiger charge is 2.31. The van der Waals surface area contributed by atoms with Crippen molar-refractivity contribution in [2.75, 3.05) is 6.61 Å². The second-order valence-corrected chi connectivity index (χ2v) is 5.90. The lowest BCUT2D eigenvalue weighted by atomic mass is 9.79. The monoisotopic (exact) mass is 256 g/mol. The minimum atomic E-state index is -0.152. The van der Waals surface area contributed by atoms with Crippen LogP contribution in [0.15, 0.2) is 0 Å². The molecule has 0 aromatic carbocycles. The average molecular weight is 256 g/mol. The van der Waals surface area contributed by atoms with Crippen molar-refractivity contribution < 1.29 is 14.3 Å². The van der Waals surface area contributed by atoms with Crippen LogP contribution in [-0.2, 0) is 14.3 Å². The van der Waals surface area contributed by atoms with E-state index < -0.39 is 0 Å². The quantitative estimate of drug-likeness (QED) is 0.680. The van der Waals surface area contributed by atoms with E-state index in [1.54, 1.807) is 0 Å². The van der Waals surface area contributed by atoms with Crippen LogP contribution in [0.3, 0.4) is 0 Å². The van der Waals surface area contributed by atoms with Crippen LogP contribution in [0.25, 0.3) is 0 Å². The SMILES string of the molecule is CCC(=O)OC(C)COC(C)(C)C1CCCCC1. The molecule has 0 aromatic rings. The highest BCUT2D eigenvalue weighted by atomic mass is 16.6. The van der Waals surface area contributed by atoms with Gasteiger partial charge in [-0.05, 0) is 39.5 Å². The van der Waals surface area contributed by atoms with Crippen molar-refractivity contribution in [3.05, 3.63) is 0 Å². The van der Waals surface area contributed by atoms with Crippen molar-refractivity contribution >= 4 is 5.97 Å². The molecule has 1 aliphatic rings. The van der Waals surface area contributed by atoms with E-state index in [-0.39, 0.29) is 17.7 Å². The second-order valence-electron chi connectivity index (χ2n) is 5.90. The lowest BCUT2D eigenvalue weighted by Gasteiger charge is -2.37. The van der Waals surface area contributed by atoms with E-state index in [1.165, 1.54) is 32.1 Å². The molecule has 0 spiro atoms. The summed E-state index contributed by atoms with van der Waals surface area (Å²) in [5.74, 6) is 0.488. The Balaban J connectivity index is 2.33. The molecule has 1 atom stereocenters. The van der Waals surface area contributed by atoms with Crippen molar-refractivity contribution in [2.24, 2.45) is 5.92 Å². The molecule has 1 unspecified atom stereocenters. The normalized spacial score (nSPS) is 19.6. The van der Waals surface area contributed by atoms with Crippen LogP contribution in [0.2, 0.25) is 0 Å². The maximum Gasteiger partial charge on any atom is 0.305 e. The van der Waals surface area contributed by atoms with Gasteiger partial charge >= 0.3 is 5.97 Å². The van der Waals surface area contributed by atoms with Crippen molar-refractivity contribution in [2.45, 2.75) is 77.9 Å². The summed E-state index contributed by atoms with van der Waals surface area (Å²) < 4.78 is 11.2. The molecule has 0 aromatic heterocycles. The number of carbonyl (C=O) groups excluding carboxylic acids is 1. The van der Waals surface area contributed by atoms with Gasteiger partial charge in [-0.15, -0.1) is 0 Å². The number of ether oxygens (including phenoxy) is 2. The Morgan fingerprint density at radius 2 is 1.89 bits per heavy atom. The molecule has 1 aliphatic carbocycles. The first-order valence-corrected chi connectivity index (χ1v) is 7.29. The van der Waals surface area contributed by atoms with Gasteiger partial charge in [0, 0.05) is 6.42 Å². The largest absolute Gasteiger partial charge is 0.460 e. The van der Waals surface area contributed by atoms with Gasteiger partial charge in [0.2, 0.25) is 0 Å². The van der Waals surface area contributed by atoms with Crippen LogP contribution in [0.4, 0.5) is 0 Å². The van der Waals surface area contributed by atoms with Gasteiger partial charge in [-0.25, -0.2) is 0 Å². The maximum atomic E-state index is 11.2. The predicted molar refractivity (Wildman–Crippen MR) is 72.5 cm³/mol. The fraction of sp³-hybridized carbons (Fsp3) is 0.933. The standard InChI is InChI=1S/C15H28O3/c1-5-14(16)18-12(2)11-17-15(3,4)13-9-7-6-8-10-13/h12-13H,5-11H2,1-4H3. The average Bonchev–Trinajstić information content (AvgIpc) is 2.37. The van der Waals surface area contributed by atoms with Crippen LogP contribution in [0.5, 0.6) is 0 Å². The summed E-state index contributed by atoms with van der Waals surface area (Å²) in [6.45, 7) is 8.52. The highest BCUT2D eigenvalue weighted by Crippen LogP contribution is 2.34. The summed E-state index contributed by atoms with van der Waals surface area (Å²) >= 11 is 0. The number of hydrogen-bond acceptors (Lipinski definition) is 3. The summed E-state index contributed by atoms with van der Waals surface area (Å²) in [4.78, 5) is 11.2. The van der Waals surface area contributed by atoms with Crippen molar-refractivity contribution in [1.82, 2.24) is 0 Å². The summed E-state index contributed by atoms with van der Waals surface area (Å²) in [6, 6.07) is 0. The minimum absolute atomic E-state index is 0.104. The first kappa shape index (κ1) is 15.5. The first-order chi connectivity index (χ1) is 8.45. The Morgan fingerprint density at radius 1 is 1.28 bits per heavy atom. The molecule has 0 aliphatic heterocycles. The molecule has 0 saturated heterocycles. The predicted octanol–water partition coefficient (Wildman–Crippen LogP) is 3.70. The molecule has 0 radical (unpaired) electrons. The van der Waals surface area contributed by atoms with Gasteiger partial charge in [-0.1, -0.05) is 26.2 Å². The number of rotatable bonds is 6. The zero-order valence-corrected chi connectivity index (χ0v) is 12.3. The van der Waals surface area contributed by atoms with Gasteiger partial charge in [-0.2, -0.15) is 0 Å². The molecule has 1 fully saturated rings. The number of esters is 1. The molecule has 1 rings (SSSR count). The summed E-state index contributed by atoms with van der Waals surface area (Å²) in [7, 11) is 0. The van der Waals surface area contributed by atoms with Crippen molar-refractivity contribution in [3.8, 4) is 0 Å². The van der Waals surface area contributed by atoms with E-state index in [2.05, 4.69) is 13.8 Å². The molecule has 106 valence electrons. The Labute approximate surface area is 111 Å². The van der Waals surface area contributed by atoms with Crippen molar-refractivity contribution in [1.29, 1.82) is 0 Å². The molecular formula is C15H28O3. The topological polar surface area (TPSA) is 35.5 Å². The summed E-state index contributed by atoms with van der Waals surface area (Å²) in [6.07, 6.45) is 6.79. The molecule has 0 heterocycles. The zero-order valence-electron chi connectivity index (χ0n) is 12.3. The Morgan fingerprint density at radius 3 is 2.44 bits per heavy atom. The van der Waals surface area contributed by atoms with Crippen molar-refractivity contribution in [3.63, 3.8) is 0 Å². The lowest BCUT2D eigenvalue weighted by Crippen LogP contribution is -2.38. The highest BCUT2D eigenvalue weighted by molar-refractivity contribution is 5.69. The van der Waals surface area contributed by atoms with Crippen LogP contribution >= 0.6 is 0 Å². The molecule has 3 nitrogen and oxygen atoms in total. The second kappa shape index (κ2) is 7.13. The third-order valence-electron chi connectivity index (χ3n) is 3.90. The Hall–Kier alpha value is -0.570. The number of carbonyl (C=O) groups is 1. The van der Waals surface area contributed by atoms with Gasteiger partial charge < -0.3 is 9.47 Å². The van der Waals surface area contributed by atoms with E-state index in [0.29, 0.717) is 18.9 Å². The van der Waals surface area contributed by atoms with E-state index in [1.807, 2.05) is 13.8 Å². The van der Waals surface area contributed by atoms with Crippen LogP contribution < -0.4 is 0 Å². The smallest absolute Gasteiger partial charge is 0.305 e. The first-order valence-electron chi connectivity index (χ1n) is 7.29. The van der Waals surface area contributed by atoms with Crippen LogP contribution in [-0.4, -0.2) is 24.3 Å².